The summed E-state index contributed by atoms with van der Waals surface area (Å²) in [5.41, 5.74) is 1.73. The first-order valence-electron chi connectivity index (χ1n) is 7.42. The van der Waals surface area contributed by atoms with Gasteiger partial charge in [-0.2, -0.15) is 0 Å². The lowest BCUT2D eigenvalue weighted by Crippen LogP contribution is -2.17. The summed E-state index contributed by atoms with van der Waals surface area (Å²) in [7, 11) is 0. The lowest BCUT2D eigenvalue weighted by Gasteiger charge is -2.01. The van der Waals surface area contributed by atoms with E-state index in [2.05, 4.69) is 10.1 Å². The van der Waals surface area contributed by atoms with Crippen LogP contribution in [0.2, 0.25) is 0 Å². The van der Waals surface area contributed by atoms with E-state index in [1.807, 2.05) is 67.6 Å². The third-order valence-corrected chi connectivity index (χ3v) is 3.29. The van der Waals surface area contributed by atoms with Crippen LogP contribution < -0.4 is 10.3 Å². The molecule has 0 fully saturated rings. The molecule has 0 saturated heterocycles. The number of benzene rings is 2. The molecule has 0 aliphatic carbocycles. The van der Waals surface area contributed by atoms with E-state index >= 15 is 0 Å². The Kier molecular flexibility index (Phi) is 4.38. The number of aromatic amines is 1. The molecule has 1 heterocycles. The van der Waals surface area contributed by atoms with Crippen molar-refractivity contribution in [2.24, 2.45) is 4.99 Å². The van der Waals surface area contributed by atoms with Crippen LogP contribution in [0.25, 0.3) is 5.69 Å². The second kappa shape index (κ2) is 6.79. The van der Waals surface area contributed by atoms with Gasteiger partial charge in [0.25, 0.3) is 5.56 Å². The first kappa shape index (κ1) is 14.8. The number of hydrogen-bond acceptors (Lipinski definition) is 3. The Morgan fingerprint density at radius 1 is 1.09 bits per heavy atom. The second-order valence-electron chi connectivity index (χ2n) is 4.86. The molecule has 3 aromatic rings. The molecule has 1 aromatic heterocycles. The van der Waals surface area contributed by atoms with Crippen molar-refractivity contribution in [3.63, 3.8) is 0 Å². The third-order valence-electron chi connectivity index (χ3n) is 3.29. The standard InChI is InChI=1S/C18H17N3O2/c1-2-23-17-16(13-19-14-9-5-3-6-10-14)18(22)21(20-17)15-11-7-4-8-12-15/h3-13,20H,2H2,1H3. The quantitative estimate of drug-likeness (QED) is 0.735. The summed E-state index contributed by atoms with van der Waals surface area (Å²) in [6.45, 7) is 2.33. The van der Waals surface area contributed by atoms with E-state index in [4.69, 9.17) is 4.74 Å². The van der Waals surface area contributed by atoms with Crippen molar-refractivity contribution >= 4 is 11.9 Å². The minimum absolute atomic E-state index is 0.195. The largest absolute Gasteiger partial charge is 0.478 e. The minimum Gasteiger partial charge on any atom is -0.478 e. The molecule has 116 valence electrons. The van der Waals surface area contributed by atoms with Gasteiger partial charge in [-0.15, -0.1) is 0 Å². The molecular weight excluding hydrogens is 290 g/mol. The Bertz CT molecular complexity index is 849. The molecule has 0 unspecified atom stereocenters. The number of nitrogens with one attached hydrogen (secondary N) is 1. The molecule has 3 rings (SSSR count). The van der Waals surface area contributed by atoms with Crippen LogP contribution in [0.15, 0.2) is 70.5 Å². The van der Waals surface area contributed by atoms with E-state index in [0.29, 0.717) is 18.1 Å². The van der Waals surface area contributed by atoms with Gasteiger partial charge >= 0.3 is 0 Å². The molecule has 1 N–H and O–H groups in total. The maximum atomic E-state index is 12.6. The highest BCUT2D eigenvalue weighted by atomic mass is 16.5. The van der Waals surface area contributed by atoms with E-state index in [1.54, 1.807) is 6.21 Å². The summed E-state index contributed by atoms with van der Waals surface area (Å²) in [6.07, 6.45) is 1.54. The van der Waals surface area contributed by atoms with Crippen LogP contribution in [0.1, 0.15) is 12.5 Å². The highest BCUT2D eigenvalue weighted by Gasteiger charge is 2.14. The summed E-state index contributed by atoms with van der Waals surface area (Å²) < 4.78 is 7.00. The second-order valence-corrected chi connectivity index (χ2v) is 4.86. The lowest BCUT2D eigenvalue weighted by molar-refractivity contribution is 0.324. The smallest absolute Gasteiger partial charge is 0.284 e. The summed E-state index contributed by atoms with van der Waals surface area (Å²) in [6, 6.07) is 18.8. The number of hydrogen-bond donors (Lipinski definition) is 1. The SMILES string of the molecule is CCOc1[nH]n(-c2ccccc2)c(=O)c1C=Nc1ccccc1. The van der Waals surface area contributed by atoms with Gasteiger partial charge in [0, 0.05) is 6.21 Å². The van der Waals surface area contributed by atoms with Gasteiger partial charge in [0.1, 0.15) is 5.56 Å². The molecule has 5 nitrogen and oxygen atoms in total. The van der Waals surface area contributed by atoms with E-state index in [9.17, 15) is 4.79 Å². The van der Waals surface area contributed by atoms with Crippen LogP contribution >= 0.6 is 0 Å². The van der Waals surface area contributed by atoms with Crippen molar-refractivity contribution < 1.29 is 4.74 Å². The number of H-pyrrole nitrogens is 1. The first-order chi connectivity index (χ1) is 11.3. The number of para-hydroxylation sites is 2. The van der Waals surface area contributed by atoms with Gasteiger partial charge in [-0.25, -0.2) is 4.68 Å². The number of ether oxygens (including phenoxy) is 1. The molecule has 0 spiro atoms. The van der Waals surface area contributed by atoms with Crippen LogP contribution in [0.5, 0.6) is 5.88 Å². The molecule has 0 radical (unpaired) electrons. The van der Waals surface area contributed by atoms with E-state index in [1.165, 1.54) is 4.68 Å². The van der Waals surface area contributed by atoms with E-state index in [0.717, 1.165) is 11.4 Å². The average molecular weight is 307 g/mol. The Morgan fingerprint density at radius 2 is 1.74 bits per heavy atom. The van der Waals surface area contributed by atoms with Crippen molar-refractivity contribution in [1.29, 1.82) is 0 Å². The first-order valence-corrected chi connectivity index (χ1v) is 7.42. The molecule has 2 aromatic carbocycles. The van der Waals surface area contributed by atoms with Crippen LogP contribution in [0.3, 0.4) is 0 Å². The fourth-order valence-electron chi connectivity index (χ4n) is 2.21. The van der Waals surface area contributed by atoms with Gasteiger partial charge in [0.05, 0.1) is 18.0 Å². The van der Waals surface area contributed by atoms with Gasteiger partial charge in [-0.05, 0) is 31.2 Å². The van der Waals surface area contributed by atoms with Gasteiger partial charge in [0.2, 0.25) is 5.88 Å². The monoisotopic (exact) mass is 307 g/mol. The van der Waals surface area contributed by atoms with Crippen molar-refractivity contribution in [2.75, 3.05) is 6.61 Å². The molecular formula is C18H17N3O2. The molecule has 5 heteroatoms. The Hall–Kier alpha value is -3.08. The highest BCUT2D eigenvalue weighted by Crippen LogP contribution is 2.15. The van der Waals surface area contributed by atoms with Gasteiger partial charge < -0.3 is 4.74 Å². The molecule has 23 heavy (non-hydrogen) atoms. The molecule has 0 aliphatic heterocycles. The molecule has 0 amide bonds. The van der Waals surface area contributed by atoms with Gasteiger partial charge in [-0.1, -0.05) is 36.4 Å². The summed E-state index contributed by atoms with van der Waals surface area (Å²) in [5, 5.41) is 2.99. The minimum atomic E-state index is -0.195. The van der Waals surface area contributed by atoms with Crippen LogP contribution in [0.4, 0.5) is 5.69 Å². The van der Waals surface area contributed by atoms with Crippen LogP contribution in [-0.4, -0.2) is 22.6 Å². The van der Waals surface area contributed by atoms with Gasteiger partial charge in [-0.3, -0.25) is 14.9 Å². The van der Waals surface area contributed by atoms with E-state index < -0.39 is 0 Å². The maximum absolute atomic E-state index is 12.6. The van der Waals surface area contributed by atoms with Crippen LogP contribution in [-0.2, 0) is 0 Å². The van der Waals surface area contributed by atoms with Crippen molar-refractivity contribution in [3.8, 4) is 11.6 Å². The number of rotatable bonds is 5. The molecule has 0 bridgehead atoms. The predicted molar refractivity (Wildman–Crippen MR) is 91.3 cm³/mol. The number of aromatic nitrogens is 2. The lowest BCUT2D eigenvalue weighted by atomic mass is 10.3. The van der Waals surface area contributed by atoms with Crippen molar-refractivity contribution in [1.82, 2.24) is 9.78 Å². The zero-order chi connectivity index (χ0) is 16.1. The summed E-state index contributed by atoms with van der Waals surface area (Å²) in [4.78, 5) is 17.0. The zero-order valence-electron chi connectivity index (χ0n) is 12.8. The molecule has 0 saturated carbocycles. The third kappa shape index (κ3) is 3.23. The van der Waals surface area contributed by atoms with Crippen molar-refractivity contribution in [3.05, 3.63) is 76.6 Å². The molecule has 0 atom stereocenters. The fourth-order valence-corrected chi connectivity index (χ4v) is 2.21. The van der Waals surface area contributed by atoms with Crippen LogP contribution in [0, 0.1) is 0 Å². The normalized spacial score (nSPS) is 11.0. The zero-order valence-corrected chi connectivity index (χ0v) is 12.8. The maximum Gasteiger partial charge on any atom is 0.284 e. The summed E-state index contributed by atoms with van der Waals surface area (Å²) >= 11 is 0. The summed E-state index contributed by atoms with van der Waals surface area (Å²) in [5.74, 6) is 0.418. The van der Waals surface area contributed by atoms with Gasteiger partial charge in [0.15, 0.2) is 0 Å². The number of nitrogens with zero attached hydrogens (tertiary/aromatic N) is 2. The Labute approximate surface area is 133 Å². The molecule has 0 aliphatic rings. The van der Waals surface area contributed by atoms with E-state index in [-0.39, 0.29) is 5.56 Å². The average Bonchev–Trinajstić information content (AvgIpc) is 2.91. The highest BCUT2D eigenvalue weighted by molar-refractivity contribution is 5.84. The fraction of sp³-hybridized carbons (Fsp3) is 0.111. The number of aliphatic imine (C=N–C) groups is 1. The predicted octanol–water partition coefficient (Wildman–Crippen LogP) is 3.31. The Balaban J connectivity index is 2.03. The Morgan fingerprint density at radius 3 is 2.39 bits per heavy atom. The topological polar surface area (TPSA) is 59.4 Å². The van der Waals surface area contributed by atoms with Crippen molar-refractivity contribution in [2.45, 2.75) is 6.92 Å².